The molecule has 0 radical (unpaired) electrons. The number of esters is 1. The fourth-order valence-corrected chi connectivity index (χ4v) is 5.51. The molecule has 0 aromatic carbocycles. The topological polar surface area (TPSA) is 141 Å². The first-order chi connectivity index (χ1) is 21.8. The van der Waals surface area contributed by atoms with Crippen molar-refractivity contribution in [3.05, 3.63) is 12.4 Å². The largest absolute Gasteiger partial charge is 0.508 e. The molecule has 1 fully saturated rings. The van der Waals surface area contributed by atoms with Crippen LogP contribution in [0.15, 0.2) is 6.33 Å². The van der Waals surface area contributed by atoms with Crippen molar-refractivity contribution in [3.8, 4) is 12.3 Å². The molecule has 1 unspecified atom stereocenters. The quantitative estimate of drug-likeness (QED) is 0.0651. The number of terminal acetylenes is 1. The molecule has 2 aromatic heterocycles. The Labute approximate surface area is 266 Å². The first-order valence-electron chi connectivity index (χ1n) is 16.6. The summed E-state index contributed by atoms with van der Waals surface area (Å²) in [6.45, 7) is 4.12. The zero-order chi connectivity index (χ0) is 32.5. The highest BCUT2D eigenvalue weighted by atomic mass is 19.1. The Hall–Kier alpha value is -3.46. The highest BCUT2D eigenvalue weighted by Crippen LogP contribution is 2.40. The van der Waals surface area contributed by atoms with Gasteiger partial charge in [0, 0.05) is 12.8 Å². The lowest BCUT2D eigenvalue weighted by molar-refractivity contribution is -0.159. The summed E-state index contributed by atoms with van der Waals surface area (Å²) in [5.41, 5.74) is 4.48. The standard InChI is InChI=1S/C33H50FN5O6/c1-4-7-9-11-12-13-14-15-16-17-18-20-27(40)44-25-22-26(39-24-36-28-29(35)37-31(34)38-30(28)39)45-33(25,6-3)23-43-32(41)42-21-19-10-8-5-2/h3,24-26H,4-5,7-23H2,1-2H3,(H2,35,37,38)/t25-,26+,33?/m0/s1. The summed E-state index contributed by atoms with van der Waals surface area (Å²) in [7, 11) is 0. The minimum atomic E-state index is -1.62. The van der Waals surface area contributed by atoms with E-state index < -0.39 is 42.7 Å². The monoisotopic (exact) mass is 631 g/mol. The Morgan fingerprint density at radius 1 is 1.00 bits per heavy atom. The molecule has 0 saturated carbocycles. The van der Waals surface area contributed by atoms with Gasteiger partial charge in [-0.15, -0.1) is 6.42 Å². The van der Waals surface area contributed by atoms with E-state index in [4.69, 9.17) is 31.1 Å². The second kappa shape index (κ2) is 19.1. The third-order valence-electron chi connectivity index (χ3n) is 8.14. The van der Waals surface area contributed by atoms with Gasteiger partial charge in [-0.25, -0.2) is 9.78 Å². The van der Waals surface area contributed by atoms with Crippen LogP contribution in [0.1, 0.15) is 129 Å². The lowest BCUT2D eigenvalue weighted by Gasteiger charge is -2.28. The fraction of sp³-hybridized carbons (Fsp3) is 0.727. The van der Waals surface area contributed by atoms with Crippen LogP contribution in [0.3, 0.4) is 0 Å². The maximum Gasteiger partial charge on any atom is 0.508 e. The van der Waals surface area contributed by atoms with Gasteiger partial charge in [0.2, 0.25) is 5.60 Å². The fourth-order valence-electron chi connectivity index (χ4n) is 5.51. The molecule has 12 heteroatoms. The SMILES string of the molecule is C#CC1(COC(=O)OCCCCCC)O[C@@H](n2cnc3c(N)nc(F)nc32)C[C@@H]1OC(=O)CCCCCCCCCCCCC. The van der Waals surface area contributed by atoms with E-state index in [9.17, 15) is 14.0 Å². The Balaban J connectivity index is 1.58. The van der Waals surface area contributed by atoms with Gasteiger partial charge in [0.1, 0.15) is 18.9 Å². The normalized spacial score (nSPS) is 19.4. The van der Waals surface area contributed by atoms with Gasteiger partial charge in [-0.3, -0.25) is 9.36 Å². The Kier molecular flexibility index (Phi) is 15.3. The highest BCUT2D eigenvalue weighted by Gasteiger charge is 2.52. The predicted molar refractivity (Wildman–Crippen MR) is 168 cm³/mol. The van der Waals surface area contributed by atoms with Gasteiger partial charge in [-0.1, -0.05) is 103 Å². The van der Waals surface area contributed by atoms with E-state index in [1.807, 2.05) is 0 Å². The number of nitrogen functional groups attached to an aromatic ring is 1. The van der Waals surface area contributed by atoms with Crippen LogP contribution in [-0.2, 0) is 23.7 Å². The van der Waals surface area contributed by atoms with Crippen molar-refractivity contribution in [2.45, 2.75) is 141 Å². The van der Waals surface area contributed by atoms with Crippen molar-refractivity contribution in [2.24, 2.45) is 0 Å². The smallest absolute Gasteiger partial charge is 0.458 e. The Morgan fingerprint density at radius 2 is 1.62 bits per heavy atom. The van der Waals surface area contributed by atoms with E-state index in [1.54, 1.807) is 0 Å². The second-order valence-corrected chi connectivity index (χ2v) is 11.8. The molecule has 3 heterocycles. The number of unbranched alkanes of at least 4 members (excludes halogenated alkanes) is 13. The Bertz CT molecular complexity index is 1250. The summed E-state index contributed by atoms with van der Waals surface area (Å²) < 4.78 is 38.1. The number of nitrogens with zero attached hydrogens (tertiary/aromatic N) is 4. The molecule has 3 rings (SSSR count). The van der Waals surface area contributed by atoms with Crippen LogP contribution >= 0.6 is 0 Å². The molecule has 0 amide bonds. The van der Waals surface area contributed by atoms with Crippen molar-refractivity contribution < 1.29 is 32.9 Å². The first-order valence-corrected chi connectivity index (χ1v) is 16.6. The molecule has 2 aromatic rings. The van der Waals surface area contributed by atoms with Crippen LogP contribution in [0, 0.1) is 18.4 Å². The van der Waals surface area contributed by atoms with E-state index in [-0.39, 0.29) is 36.4 Å². The Morgan fingerprint density at radius 3 is 2.27 bits per heavy atom. The molecule has 45 heavy (non-hydrogen) atoms. The minimum Gasteiger partial charge on any atom is -0.458 e. The van der Waals surface area contributed by atoms with Gasteiger partial charge >= 0.3 is 18.2 Å². The summed E-state index contributed by atoms with van der Waals surface area (Å²) in [4.78, 5) is 36.8. The van der Waals surface area contributed by atoms with Crippen LogP contribution in [-0.4, -0.2) is 56.6 Å². The third-order valence-corrected chi connectivity index (χ3v) is 8.14. The number of nitrogens with two attached hydrogens (primary N) is 1. The third kappa shape index (κ3) is 11.1. The van der Waals surface area contributed by atoms with Gasteiger partial charge in [0.15, 0.2) is 17.0 Å². The van der Waals surface area contributed by atoms with Crippen molar-refractivity contribution in [1.29, 1.82) is 0 Å². The summed E-state index contributed by atoms with van der Waals surface area (Å²) in [5, 5.41) is 0. The molecule has 1 aliphatic rings. The summed E-state index contributed by atoms with van der Waals surface area (Å²) in [5.74, 6) is 2.00. The number of halogens is 1. The number of aromatic nitrogens is 4. The van der Waals surface area contributed by atoms with Crippen molar-refractivity contribution in [2.75, 3.05) is 18.9 Å². The molecule has 1 saturated heterocycles. The van der Waals surface area contributed by atoms with E-state index in [2.05, 4.69) is 34.7 Å². The number of imidazole rings is 1. The van der Waals surface area contributed by atoms with Crippen LogP contribution in [0.25, 0.3) is 11.2 Å². The highest BCUT2D eigenvalue weighted by molar-refractivity contribution is 5.81. The molecule has 250 valence electrons. The molecule has 3 atom stereocenters. The van der Waals surface area contributed by atoms with E-state index in [0.717, 1.165) is 44.9 Å². The minimum absolute atomic E-state index is 0.0839. The summed E-state index contributed by atoms with van der Waals surface area (Å²) in [6, 6.07) is 0. The average Bonchev–Trinajstić information content (AvgIpc) is 3.60. The molecule has 0 aliphatic carbocycles. The second-order valence-electron chi connectivity index (χ2n) is 11.8. The van der Waals surface area contributed by atoms with Crippen molar-refractivity contribution in [1.82, 2.24) is 19.5 Å². The van der Waals surface area contributed by atoms with Crippen molar-refractivity contribution in [3.63, 3.8) is 0 Å². The molecule has 2 N–H and O–H groups in total. The number of anilines is 1. The van der Waals surface area contributed by atoms with Gasteiger partial charge in [-0.2, -0.15) is 14.4 Å². The molecule has 1 aliphatic heterocycles. The predicted octanol–water partition coefficient (Wildman–Crippen LogP) is 7.18. The molecule has 11 nitrogen and oxygen atoms in total. The number of rotatable bonds is 21. The number of ether oxygens (including phenoxy) is 4. The number of fused-ring (bicyclic) bond motifs is 1. The molecule has 0 spiro atoms. The average molecular weight is 632 g/mol. The van der Waals surface area contributed by atoms with E-state index in [1.165, 1.54) is 55.8 Å². The van der Waals surface area contributed by atoms with Gasteiger partial charge < -0.3 is 24.7 Å². The molecule has 0 bridgehead atoms. The molecular weight excluding hydrogens is 581 g/mol. The van der Waals surface area contributed by atoms with E-state index >= 15 is 0 Å². The van der Waals surface area contributed by atoms with Crippen LogP contribution < -0.4 is 5.73 Å². The van der Waals surface area contributed by atoms with Crippen LogP contribution in [0.5, 0.6) is 0 Å². The maximum absolute atomic E-state index is 14.0. The lowest BCUT2D eigenvalue weighted by atomic mass is 9.98. The van der Waals surface area contributed by atoms with Crippen LogP contribution in [0.4, 0.5) is 15.0 Å². The number of carbonyl (C=O) groups excluding carboxylic acids is 2. The maximum atomic E-state index is 14.0. The van der Waals surface area contributed by atoms with Crippen LogP contribution in [0.2, 0.25) is 0 Å². The lowest BCUT2D eigenvalue weighted by Crippen LogP contribution is -2.45. The first kappa shape index (κ1) is 36.0. The van der Waals surface area contributed by atoms with Gasteiger partial charge in [0.25, 0.3) is 0 Å². The number of hydrogen-bond acceptors (Lipinski definition) is 10. The van der Waals surface area contributed by atoms with Crippen molar-refractivity contribution >= 4 is 29.1 Å². The summed E-state index contributed by atoms with van der Waals surface area (Å²) in [6.07, 6.45) is 20.4. The zero-order valence-corrected chi connectivity index (χ0v) is 26.9. The summed E-state index contributed by atoms with van der Waals surface area (Å²) >= 11 is 0. The number of hydrogen-bond donors (Lipinski definition) is 1. The zero-order valence-electron chi connectivity index (χ0n) is 26.9. The molecular formula is C33H50FN5O6. The van der Waals surface area contributed by atoms with Gasteiger partial charge in [0.05, 0.1) is 12.9 Å². The van der Waals surface area contributed by atoms with E-state index in [0.29, 0.717) is 6.42 Å². The number of carbonyl (C=O) groups is 2. The van der Waals surface area contributed by atoms with Gasteiger partial charge in [-0.05, 0) is 12.8 Å².